The second-order valence-corrected chi connectivity index (χ2v) is 12.2. The number of carbonyl (C=O) groups is 2. The third kappa shape index (κ3) is 5.33. The van der Waals surface area contributed by atoms with Crippen molar-refractivity contribution in [3.05, 3.63) is 119 Å². The second kappa shape index (κ2) is 12.2. The van der Waals surface area contributed by atoms with Crippen molar-refractivity contribution >= 4 is 41.1 Å². The lowest BCUT2D eigenvalue weighted by Crippen LogP contribution is -2.51. The highest BCUT2D eigenvalue weighted by Crippen LogP contribution is 2.51. The van der Waals surface area contributed by atoms with Gasteiger partial charge in [-0.15, -0.1) is 0 Å². The highest BCUT2D eigenvalue weighted by Gasteiger charge is 2.53. The predicted molar refractivity (Wildman–Crippen MR) is 174 cm³/mol. The summed E-state index contributed by atoms with van der Waals surface area (Å²) in [7, 11) is 0.574. The second-order valence-electron chi connectivity index (χ2n) is 12.2. The highest BCUT2D eigenvalue weighted by molar-refractivity contribution is 6.43. The number of ether oxygens (including phenoxy) is 1. The summed E-state index contributed by atoms with van der Waals surface area (Å²) in [6.07, 6.45) is 5.19. The normalized spacial score (nSPS) is 23.2. The standard InChI is InChI=1S/C37H34BNO6/c1-44-21-24-19-29-35(37(42)28-11-5-4-10-27(28)36(29)41)30-20-38(43)45-33(34(24)30)16-14-23(31-12-6-7-17-39-31)18-22-13-15-32(40)26-9-3-2-8-25(22)26/h2-13,15,17-18,29-30,33,35,40,43H,14,16,19-21H2,1H3/b23-18-/t29-,30+,33-,35-/m1/s1. The molecule has 1 aromatic heterocycles. The van der Waals surface area contributed by atoms with Crippen molar-refractivity contribution in [2.75, 3.05) is 13.7 Å². The van der Waals surface area contributed by atoms with E-state index < -0.39 is 25.1 Å². The Morgan fingerprint density at radius 2 is 1.69 bits per heavy atom. The summed E-state index contributed by atoms with van der Waals surface area (Å²) in [6.45, 7) is 0.330. The van der Waals surface area contributed by atoms with Crippen molar-refractivity contribution in [1.29, 1.82) is 0 Å². The summed E-state index contributed by atoms with van der Waals surface area (Å²) in [5.41, 5.74) is 5.68. The van der Waals surface area contributed by atoms with E-state index in [4.69, 9.17) is 9.39 Å². The molecular formula is C37H34BNO6. The Labute approximate surface area is 262 Å². The number of benzene rings is 3. The summed E-state index contributed by atoms with van der Waals surface area (Å²) in [4.78, 5) is 32.3. The Balaban J connectivity index is 1.26. The minimum absolute atomic E-state index is 0.0121. The number of hydrogen-bond donors (Lipinski definition) is 2. The van der Waals surface area contributed by atoms with E-state index in [1.54, 1.807) is 43.6 Å². The smallest absolute Gasteiger partial charge is 0.455 e. The van der Waals surface area contributed by atoms with Gasteiger partial charge in [-0.2, -0.15) is 0 Å². The molecule has 7 nitrogen and oxygen atoms in total. The molecule has 0 amide bonds. The van der Waals surface area contributed by atoms with Gasteiger partial charge in [0.15, 0.2) is 11.6 Å². The van der Waals surface area contributed by atoms with E-state index in [9.17, 15) is 19.7 Å². The van der Waals surface area contributed by atoms with Crippen molar-refractivity contribution in [2.45, 2.75) is 31.7 Å². The van der Waals surface area contributed by atoms with Crippen molar-refractivity contribution in [3.8, 4) is 5.75 Å². The van der Waals surface area contributed by atoms with Gasteiger partial charge in [-0.3, -0.25) is 14.6 Å². The van der Waals surface area contributed by atoms with Gasteiger partial charge in [0, 0.05) is 41.7 Å². The molecule has 0 spiro atoms. The lowest BCUT2D eigenvalue weighted by molar-refractivity contribution is 0.0585. The van der Waals surface area contributed by atoms with Crippen LogP contribution in [0, 0.1) is 17.8 Å². The van der Waals surface area contributed by atoms with Crippen molar-refractivity contribution < 1.29 is 29.1 Å². The number of pyridine rings is 1. The first-order valence-corrected chi connectivity index (χ1v) is 15.5. The first kappa shape index (κ1) is 29.4. The maximum Gasteiger partial charge on any atom is 0.455 e. The Morgan fingerprint density at radius 1 is 0.956 bits per heavy atom. The molecule has 2 N–H and O–H groups in total. The van der Waals surface area contributed by atoms with Gasteiger partial charge in [0.2, 0.25) is 0 Å². The van der Waals surface area contributed by atoms with Gasteiger partial charge >= 0.3 is 7.12 Å². The first-order chi connectivity index (χ1) is 21.9. The zero-order valence-corrected chi connectivity index (χ0v) is 25.1. The average Bonchev–Trinajstić information content (AvgIpc) is 3.06. The summed E-state index contributed by atoms with van der Waals surface area (Å²) < 4.78 is 11.9. The van der Waals surface area contributed by atoms with Gasteiger partial charge in [-0.05, 0) is 83.4 Å². The van der Waals surface area contributed by atoms with Crippen LogP contribution in [0.5, 0.6) is 5.75 Å². The SMILES string of the molecule is COCC1=C2[C@@H](CC/C(=C/c3ccc(O)c4ccccc34)c3ccccn3)OB(O)C[C@@H]2[C@@H]2C(=O)c3ccccc3C(=O)[C@@H]2C1. The molecule has 8 heteroatoms. The molecule has 2 heterocycles. The molecule has 4 atom stereocenters. The number of ketones is 2. The number of methoxy groups -OCH3 is 1. The topological polar surface area (TPSA) is 106 Å². The molecule has 7 rings (SSSR count). The fourth-order valence-electron chi connectivity index (χ4n) is 7.71. The molecule has 1 saturated heterocycles. The van der Waals surface area contributed by atoms with Crippen molar-refractivity contribution in [1.82, 2.24) is 4.98 Å². The molecule has 0 unspecified atom stereocenters. The largest absolute Gasteiger partial charge is 0.507 e. The number of allylic oxidation sites excluding steroid dienone is 1. The summed E-state index contributed by atoms with van der Waals surface area (Å²) in [6, 6.07) is 24.2. The number of rotatable bonds is 7. The zero-order valence-electron chi connectivity index (χ0n) is 25.1. The number of phenolic OH excluding ortho intramolecular Hbond substituents is 1. The molecule has 45 heavy (non-hydrogen) atoms. The number of hydrogen-bond acceptors (Lipinski definition) is 7. The first-order valence-electron chi connectivity index (χ1n) is 15.5. The molecule has 226 valence electrons. The van der Waals surface area contributed by atoms with Gasteiger partial charge < -0.3 is 19.5 Å². The maximum atomic E-state index is 14.0. The summed E-state index contributed by atoms with van der Waals surface area (Å²) >= 11 is 0. The van der Waals surface area contributed by atoms with Crippen LogP contribution < -0.4 is 0 Å². The van der Waals surface area contributed by atoms with Crippen LogP contribution in [0.15, 0.2) is 96.2 Å². The van der Waals surface area contributed by atoms with E-state index in [2.05, 4.69) is 11.1 Å². The highest BCUT2D eigenvalue weighted by atomic mass is 16.5. The third-order valence-electron chi connectivity index (χ3n) is 9.62. The Kier molecular flexibility index (Phi) is 7.96. The molecule has 1 fully saturated rings. The average molecular weight is 599 g/mol. The van der Waals surface area contributed by atoms with E-state index in [0.717, 1.165) is 38.7 Å². The van der Waals surface area contributed by atoms with Crippen LogP contribution in [-0.4, -0.2) is 53.6 Å². The van der Waals surface area contributed by atoms with Gasteiger partial charge in [0.1, 0.15) is 5.75 Å². The molecule has 2 aliphatic carbocycles. The molecule has 3 aliphatic rings. The minimum Gasteiger partial charge on any atom is -0.507 e. The van der Waals surface area contributed by atoms with Crippen LogP contribution in [0.2, 0.25) is 6.32 Å². The number of fused-ring (bicyclic) bond motifs is 5. The molecule has 0 saturated carbocycles. The maximum absolute atomic E-state index is 14.0. The van der Waals surface area contributed by atoms with Crippen LogP contribution in [0.1, 0.15) is 51.2 Å². The zero-order chi connectivity index (χ0) is 31.1. The molecular weight excluding hydrogens is 565 g/mol. The Hall–Kier alpha value is -4.37. The molecule has 4 aromatic rings. The number of carbonyl (C=O) groups excluding carboxylic acids is 2. The van der Waals surface area contributed by atoms with Gasteiger partial charge in [-0.25, -0.2) is 0 Å². The van der Waals surface area contributed by atoms with E-state index in [1.165, 1.54) is 0 Å². The molecule has 1 aliphatic heterocycles. The van der Waals surface area contributed by atoms with Crippen LogP contribution >= 0.6 is 0 Å². The van der Waals surface area contributed by atoms with E-state index in [0.29, 0.717) is 37.0 Å². The third-order valence-corrected chi connectivity index (χ3v) is 9.62. The van der Waals surface area contributed by atoms with Crippen LogP contribution in [0.25, 0.3) is 22.4 Å². The van der Waals surface area contributed by atoms with Crippen LogP contribution in [0.4, 0.5) is 0 Å². The predicted octanol–water partition coefficient (Wildman–Crippen LogP) is 6.42. The summed E-state index contributed by atoms with van der Waals surface area (Å²) in [5.74, 6) is -1.17. The lowest BCUT2D eigenvalue weighted by atomic mass is 9.54. The fourth-order valence-corrected chi connectivity index (χ4v) is 7.71. The lowest BCUT2D eigenvalue weighted by Gasteiger charge is -2.47. The van der Waals surface area contributed by atoms with E-state index >= 15 is 0 Å². The molecule has 0 radical (unpaired) electrons. The summed E-state index contributed by atoms with van der Waals surface area (Å²) in [5, 5.41) is 23.2. The van der Waals surface area contributed by atoms with Crippen molar-refractivity contribution in [2.24, 2.45) is 17.8 Å². The number of nitrogens with zero attached hydrogens (tertiary/aromatic N) is 1. The Morgan fingerprint density at radius 3 is 2.44 bits per heavy atom. The molecule has 3 aromatic carbocycles. The van der Waals surface area contributed by atoms with Gasteiger partial charge in [0.05, 0.1) is 18.4 Å². The fraction of sp³-hybridized carbons (Fsp3) is 0.270. The number of Topliss-reactive ketones (excluding diaryl/α,β-unsaturated/α-hetero) is 2. The number of aromatic hydroxyl groups is 1. The quantitative estimate of drug-likeness (QED) is 0.187. The molecule has 0 bridgehead atoms. The minimum atomic E-state index is -1.06. The van der Waals surface area contributed by atoms with Gasteiger partial charge in [-0.1, -0.05) is 60.7 Å². The van der Waals surface area contributed by atoms with E-state index in [-0.39, 0.29) is 29.6 Å². The monoisotopic (exact) mass is 599 g/mol. The van der Waals surface area contributed by atoms with E-state index in [1.807, 2.05) is 48.5 Å². The number of phenols is 1. The van der Waals surface area contributed by atoms with Crippen molar-refractivity contribution in [3.63, 3.8) is 0 Å². The van der Waals surface area contributed by atoms with Gasteiger partial charge in [0.25, 0.3) is 0 Å². The van der Waals surface area contributed by atoms with Crippen LogP contribution in [-0.2, 0) is 9.39 Å². The Bertz CT molecular complexity index is 1850. The van der Waals surface area contributed by atoms with Crippen LogP contribution in [0.3, 0.4) is 0 Å². The number of aromatic nitrogens is 1.